The van der Waals surface area contributed by atoms with Gasteiger partial charge in [0.25, 0.3) is 10.2 Å². The number of hydrogen-bond acceptors (Lipinski definition) is 7. The third-order valence-corrected chi connectivity index (χ3v) is 7.28. The number of piperazine rings is 1. The van der Waals surface area contributed by atoms with Gasteiger partial charge >= 0.3 is 0 Å². The van der Waals surface area contributed by atoms with Gasteiger partial charge in [0.15, 0.2) is 0 Å². The molecule has 152 valence electrons. The molecule has 0 unspecified atom stereocenters. The number of aromatic nitrogens is 2. The van der Waals surface area contributed by atoms with Crippen molar-refractivity contribution in [3.05, 3.63) is 24.5 Å². The van der Waals surface area contributed by atoms with E-state index >= 15 is 0 Å². The fourth-order valence-electron chi connectivity index (χ4n) is 3.70. The second kappa shape index (κ2) is 7.78. The average molecular weight is 407 g/mol. The molecule has 0 saturated carbocycles. The minimum Gasteiger partial charge on any atom is -0.379 e. The molecule has 0 atom stereocenters. The molecule has 10 heteroatoms. The number of benzene rings is 1. The summed E-state index contributed by atoms with van der Waals surface area (Å²) in [6.45, 7) is 4.05. The number of rotatable bonds is 4. The predicted octanol–water partition coefficient (Wildman–Crippen LogP) is 0.395. The molecule has 3 heterocycles. The molecule has 2 fully saturated rings. The Labute approximate surface area is 165 Å². The first kappa shape index (κ1) is 19.3. The Morgan fingerprint density at radius 2 is 1.64 bits per heavy atom. The third-order valence-electron chi connectivity index (χ3n) is 5.25. The van der Waals surface area contributed by atoms with Crippen LogP contribution in [0.3, 0.4) is 0 Å². The Kier molecular flexibility index (Phi) is 5.37. The van der Waals surface area contributed by atoms with E-state index < -0.39 is 10.2 Å². The predicted molar refractivity (Wildman–Crippen MR) is 109 cm³/mol. The molecule has 4 rings (SSSR count). The van der Waals surface area contributed by atoms with Crippen LogP contribution in [0.25, 0.3) is 10.9 Å². The van der Waals surface area contributed by atoms with Crippen molar-refractivity contribution in [2.24, 2.45) is 0 Å². The quantitative estimate of drug-likeness (QED) is 0.727. The van der Waals surface area contributed by atoms with Gasteiger partial charge in [0.2, 0.25) is 0 Å². The van der Waals surface area contributed by atoms with Gasteiger partial charge in [-0.05, 0) is 18.2 Å². The molecule has 1 aromatic heterocycles. The van der Waals surface area contributed by atoms with Crippen molar-refractivity contribution in [1.82, 2.24) is 18.6 Å². The van der Waals surface area contributed by atoms with Gasteiger partial charge in [0.05, 0.1) is 18.7 Å². The zero-order valence-corrected chi connectivity index (χ0v) is 17.1. The first-order chi connectivity index (χ1) is 13.5. The maximum atomic E-state index is 12.8. The molecule has 2 aliphatic rings. The van der Waals surface area contributed by atoms with Crippen LogP contribution in [0.1, 0.15) is 0 Å². The molecule has 0 bridgehead atoms. The lowest BCUT2D eigenvalue weighted by atomic mass is 10.1. The van der Waals surface area contributed by atoms with E-state index in [1.807, 2.05) is 31.1 Å². The normalized spacial score (nSPS) is 19.9. The maximum Gasteiger partial charge on any atom is 0.282 e. The van der Waals surface area contributed by atoms with E-state index in [9.17, 15) is 8.42 Å². The molecular weight excluding hydrogens is 380 g/mol. The Bertz CT molecular complexity index is 937. The van der Waals surface area contributed by atoms with Crippen molar-refractivity contribution in [2.75, 3.05) is 76.4 Å². The van der Waals surface area contributed by atoms with Gasteiger partial charge in [0.1, 0.15) is 12.1 Å². The van der Waals surface area contributed by atoms with Crippen molar-refractivity contribution in [2.45, 2.75) is 0 Å². The van der Waals surface area contributed by atoms with Crippen LogP contribution in [0, 0.1) is 0 Å². The summed E-state index contributed by atoms with van der Waals surface area (Å²) in [5.41, 5.74) is 1.96. The molecule has 0 radical (unpaired) electrons. The Balaban J connectivity index is 1.50. The second-order valence-corrected chi connectivity index (χ2v) is 9.13. The summed E-state index contributed by atoms with van der Waals surface area (Å²) < 4.78 is 34.1. The van der Waals surface area contributed by atoms with Gasteiger partial charge in [-0.25, -0.2) is 9.97 Å². The summed E-state index contributed by atoms with van der Waals surface area (Å²) in [5.74, 6) is 0.875. The highest BCUT2D eigenvalue weighted by molar-refractivity contribution is 7.86. The van der Waals surface area contributed by atoms with Gasteiger partial charge in [0, 0.05) is 64.4 Å². The summed E-state index contributed by atoms with van der Waals surface area (Å²) in [5, 5.41) is 0.994. The van der Waals surface area contributed by atoms with Crippen LogP contribution in [-0.4, -0.2) is 93.6 Å². The van der Waals surface area contributed by atoms with Crippen LogP contribution >= 0.6 is 0 Å². The van der Waals surface area contributed by atoms with Gasteiger partial charge < -0.3 is 14.5 Å². The average Bonchev–Trinajstić information content (AvgIpc) is 2.73. The molecule has 2 saturated heterocycles. The highest BCUT2D eigenvalue weighted by Gasteiger charge is 2.33. The number of ether oxygens (including phenoxy) is 1. The van der Waals surface area contributed by atoms with Gasteiger partial charge in [-0.2, -0.15) is 17.0 Å². The van der Waals surface area contributed by atoms with Gasteiger partial charge in [-0.1, -0.05) is 0 Å². The minimum absolute atomic E-state index is 0.431. The highest BCUT2D eigenvalue weighted by Crippen LogP contribution is 2.27. The van der Waals surface area contributed by atoms with E-state index in [1.165, 1.54) is 4.31 Å². The molecule has 28 heavy (non-hydrogen) atoms. The molecule has 9 nitrogen and oxygen atoms in total. The third kappa shape index (κ3) is 3.64. The minimum atomic E-state index is -3.41. The van der Waals surface area contributed by atoms with Crippen molar-refractivity contribution >= 4 is 32.6 Å². The topological polar surface area (TPSA) is 82.1 Å². The van der Waals surface area contributed by atoms with E-state index in [2.05, 4.69) is 20.9 Å². The van der Waals surface area contributed by atoms with Crippen LogP contribution in [0.5, 0.6) is 0 Å². The Hall–Kier alpha value is -2.01. The Morgan fingerprint density at radius 3 is 2.32 bits per heavy atom. The molecule has 2 aliphatic heterocycles. The number of hydrogen-bond donors (Lipinski definition) is 0. The summed E-state index contributed by atoms with van der Waals surface area (Å²) in [7, 11) is 0.514. The summed E-state index contributed by atoms with van der Waals surface area (Å²) in [6.07, 6.45) is 1.58. The molecule has 0 N–H and O–H groups in total. The maximum absolute atomic E-state index is 12.8. The fraction of sp³-hybridized carbons (Fsp3) is 0.556. The summed E-state index contributed by atoms with van der Waals surface area (Å²) >= 11 is 0. The van der Waals surface area contributed by atoms with Crippen LogP contribution in [0.2, 0.25) is 0 Å². The number of anilines is 2. The van der Waals surface area contributed by atoms with Gasteiger partial charge in [-0.15, -0.1) is 0 Å². The Morgan fingerprint density at radius 1 is 0.964 bits per heavy atom. The first-order valence-corrected chi connectivity index (χ1v) is 10.9. The van der Waals surface area contributed by atoms with Crippen molar-refractivity contribution in [3.63, 3.8) is 0 Å². The second-order valence-electron chi connectivity index (χ2n) is 7.20. The van der Waals surface area contributed by atoms with Crippen LogP contribution < -0.4 is 9.80 Å². The lowest BCUT2D eigenvalue weighted by Crippen LogP contribution is -2.55. The number of morpholine rings is 1. The fourth-order valence-corrected chi connectivity index (χ4v) is 5.26. The lowest BCUT2D eigenvalue weighted by Gasteiger charge is -2.38. The van der Waals surface area contributed by atoms with Crippen molar-refractivity contribution in [1.29, 1.82) is 0 Å². The first-order valence-electron chi connectivity index (χ1n) is 9.47. The number of fused-ring (bicyclic) bond motifs is 1. The van der Waals surface area contributed by atoms with E-state index in [-0.39, 0.29) is 0 Å². The zero-order chi connectivity index (χ0) is 19.7. The molecule has 2 aromatic rings. The van der Waals surface area contributed by atoms with E-state index in [1.54, 1.807) is 10.6 Å². The lowest BCUT2D eigenvalue weighted by molar-refractivity contribution is 0.0700. The highest BCUT2D eigenvalue weighted by atomic mass is 32.2. The van der Waals surface area contributed by atoms with Crippen molar-refractivity contribution < 1.29 is 13.2 Å². The van der Waals surface area contributed by atoms with Crippen LogP contribution in [0.4, 0.5) is 11.5 Å². The SMILES string of the molecule is CN(C)c1ncnc2ccc(N3CCN(S(=O)(=O)N4CCOCC4)CC3)cc12. The summed E-state index contributed by atoms with van der Waals surface area (Å²) in [4.78, 5) is 12.9. The van der Waals surface area contributed by atoms with Crippen LogP contribution in [0.15, 0.2) is 24.5 Å². The smallest absolute Gasteiger partial charge is 0.282 e. The molecule has 0 spiro atoms. The van der Waals surface area contributed by atoms with E-state index in [4.69, 9.17) is 4.74 Å². The van der Waals surface area contributed by atoms with Crippen LogP contribution in [-0.2, 0) is 14.9 Å². The van der Waals surface area contributed by atoms with Gasteiger partial charge in [-0.3, -0.25) is 0 Å². The number of nitrogens with zero attached hydrogens (tertiary/aromatic N) is 6. The zero-order valence-electron chi connectivity index (χ0n) is 16.3. The standard InChI is InChI=1S/C18H26N6O3S/c1-21(2)18-16-13-15(3-4-17(16)19-14-20-18)22-5-7-23(8-6-22)28(25,26)24-9-11-27-12-10-24/h3-4,13-14H,5-12H2,1-2H3. The largest absolute Gasteiger partial charge is 0.379 e. The molecule has 0 aliphatic carbocycles. The molecule has 0 amide bonds. The molecule has 1 aromatic carbocycles. The van der Waals surface area contributed by atoms with Crippen molar-refractivity contribution in [3.8, 4) is 0 Å². The monoisotopic (exact) mass is 406 g/mol. The van der Waals surface area contributed by atoms with E-state index in [0.717, 1.165) is 22.4 Å². The van der Waals surface area contributed by atoms with E-state index in [0.29, 0.717) is 52.5 Å². The molecular formula is C18H26N6O3S. The summed E-state index contributed by atoms with van der Waals surface area (Å²) in [6, 6.07) is 6.13.